The standard InChI is InChI=1S/C9H17FN2/c1-4-9(2,10)8-6-5-7-12(8)11-3/h8H,3-7H2,1-2H3. The van der Waals surface area contributed by atoms with Crippen molar-refractivity contribution in [3.05, 3.63) is 0 Å². The molecule has 0 spiro atoms. The third-order valence-electron chi connectivity index (χ3n) is 2.79. The van der Waals surface area contributed by atoms with Crippen molar-refractivity contribution in [3.8, 4) is 0 Å². The molecule has 2 atom stereocenters. The van der Waals surface area contributed by atoms with Gasteiger partial charge in [-0.3, -0.25) is 5.01 Å². The van der Waals surface area contributed by atoms with Crippen molar-refractivity contribution in [1.82, 2.24) is 5.01 Å². The SMILES string of the molecule is C=NN1CCCC1C(C)(F)CC. The quantitative estimate of drug-likeness (QED) is 0.596. The summed E-state index contributed by atoms with van der Waals surface area (Å²) in [7, 11) is 0. The highest BCUT2D eigenvalue weighted by Gasteiger charge is 2.39. The minimum absolute atomic E-state index is 0.0556. The average molecular weight is 172 g/mol. The van der Waals surface area contributed by atoms with Crippen molar-refractivity contribution in [1.29, 1.82) is 0 Å². The third kappa shape index (κ3) is 1.59. The van der Waals surface area contributed by atoms with Gasteiger partial charge in [0.15, 0.2) is 0 Å². The third-order valence-corrected chi connectivity index (χ3v) is 2.79. The van der Waals surface area contributed by atoms with Crippen molar-refractivity contribution in [3.63, 3.8) is 0 Å². The highest BCUT2D eigenvalue weighted by atomic mass is 19.1. The molecule has 70 valence electrons. The molecule has 1 saturated heterocycles. The molecule has 0 aromatic heterocycles. The van der Waals surface area contributed by atoms with Crippen LogP contribution in [0.2, 0.25) is 0 Å². The number of halogens is 1. The first-order chi connectivity index (χ1) is 5.61. The summed E-state index contributed by atoms with van der Waals surface area (Å²) in [5, 5.41) is 5.61. The van der Waals surface area contributed by atoms with E-state index in [2.05, 4.69) is 11.8 Å². The maximum absolute atomic E-state index is 13.8. The van der Waals surface area contributed by atoms with Crippen LogP contribution in [0.25, 0.3) is 0 Å². The molecule has 1 heterocycles. The van der Waals surface area contributed by atoms with E-state index in [1.54, 1.807) is 11.9 Å². The Hall–Kier alpha value is -0.600. The Morgan fingerprint density at radius 3 is 2.92 bits per heavy atom. The first-order valence-electron chi connectivity index (χ1n) is 4.54. The van der Waals surface area contributed by atoms with E-state index in [9.17, 15) is 4.39 Å². The van der Waals surface area contributed by atoms with Gasteiger partial charge in [-0.1, -0.05) is 6.92 Å². The summed E-state index contributed by atoms with van der Waals surface area (Å²) in [5.41, 5.74) is -1.11. The molecule has 0 aliphatic carbocycles. The molecule has 0 bridgehead atoms. The number of hydrogen-bond acceptors (Lipinski definition) is 2. The molecule has 0 N–H and O–H groups in total. The molecule has 1 rings (SSSR count). The van der Waals surface area contributed by atoms with E-state index in [4.69, 9.17) is 0 Å². The highest BCUT2D eigenvalue weighted by molar-refractivity contribution is 5.23. The summed E-state index contributed by atoms with van der Waals surface area (Å²) in [6, 6.07) is -0.0556. The number of hydrogen-bond donors (Lipinski definition) is 0. The van der Waals surface area contributed by atoms with Gasteiger partial charge in [0.25, 0.3) is 0 Å². The highest BCUT2D eigenvalue weighted by Crippen LogP contribution is 2.32. The number of rotatable bonds is 3. The second-order valence-corrected chi connectivity index (χ2v) is 3.59. The van der Waals surface area contributed by atoms with Gasteiger partial charge in [0.05, 0.1) is 6.04 Å². The second-order valence-electron chi connectivity index (χ2n) is 3.59. The fourth-order valence-corrected chi connectivity index (χ4v) is 1.77. The van der Waals surface area contributed by atoms with Crippen LogP contribution < -0.4 is 0 Å². The van der Waals surface area contributed by atoms with E-state index in [0.717, 1.165) is 19.4 Å². The van der Waals surface area contributed by atoms with E-state index >= 15 is 0 Å². The fourth-order valence-electron chi connectivity index (χ4n) is 1.77. The Labute approximate surface area is 73.4 Å². The maximum Gasteiger partial charge on any atom is 0.129 e. The minimum Gasteiger partial charge on any atom is -0.291 e. The topological polar surface area (TPSA) is 15.6 Å². The van der Waals surface area contributed by atoms with Crippen LogP contribution in [-0.2, 0) is 0 Å². The van der Waals surface area contributed by atoms with Crippen molar-refractivity contribution >= 4 is 6.72 Å². The summed E-state index contributed by atoms with van der Waals surface area (Å²) >= 11 is 0. The molecular weight excluding hydrogens is 155 g/mol. The average Bonchev–Trinajstić information content (AvgIpc) is 2.52. The smallest absolute Gasteiger partial charge is 0.129 e. The molecule has 1 fully saturated rings. The van der Waals surface area contributed by atoms with Crippen molar-refractivity contribution in [2.24, 2.45) is 5.10 Å². The van der Waals surface area contributed by atoms with E-state index in [0.29, 0.717) is 6.42 Å². The Morgan fingerprint density at radius 2 is 2.42 bits per heavy atom. The lowest BCUT2D eigenvalue weighted by Gasteiger charge is -2.31. The van der Waals surface area contributed by atoms with E-state index in [-0.39, 0.29) is 6.04 Å². The molecule has 2 unspecified atom stereocenters. The first kappa shape index (κ1) is 9.49. The lowest BCUT2D eigenvalue weighted by molar-refractivity contribution is 0.0615. The monoisotopic (exact) mass is 172 g/mol. The molecule has 12 heavy (non-hydrogen) atoms. The van der Waals surface area contributed by atoms with Crippen LogP contribution in [-0.4, -0.2) is 30.0 Å². The van der Waals surface area contributed by atoms with Gasteiger partial charge in [-0.05, 0) is 26.2 Å². The molecular formula is C9H17FN2. The van der Waals surface area contributed by atoms with Crippen LogP contribution in [0.4, 0.5) is 4.39 Å². The Kier molecular flexibility index (Phi) is 2.70. The predicted octanol–water partition coefficient (Wildman–Crippen LogP) is 2.20. The largest absolute Gasteiger partial charge is 0.291 e. The summed E-state index contributed by atoms with van der Waals surface area (Å²) in [5.74, 6) is 0. The number of nitrogens with zero attached hydrogens (tertiary/aromatic N) is 2. The summed E-state index contributed by atoms with van der Waals surface area (Å²) in [4.78, 5) is 0. The van der Waals surface area contributed by atoms with Crippen molar-refractivity contribution < 1.29 is 4.39 Å². The van der Waals surface area contributed by atoms with Crippen LogP contribution in [0, 0.1) is 0 Å². The maximum atomic E-state index is 13.8. The van der Waals surface area contributed by atoms with Gasteiger partial charge >= 0.3 is 0 Å². The van der Waals surface area contributed by atoms with Crippen LogP contribution in [0.3, 0.4) is 0 Å². The van der Waals surface area contributed by atoms with Crippen LogP contribution >= 0.6 is 0 Å². The first-order valence-corrected chi connectivity index (χ1v) is 4.54. The van der Waals surface area contributed by atoms with Gasteiger partial charge in [0.1, 0.15) is 5.67 Å². The van der Waals surface area contributed by atoms with Gasteiger partial charge in [-0.25, -0.2) is 4.39 Å². The van der Waals surface area contributed by atoms with E-state index in [1.807, 2.05) is 6.92 Å². The van der Waals surface area contributed by atoms with Gasteiger partial charge in [-0.2, -0.15) is 5.10 Å². The summed E-state index contributed by atoms with van der Waals surface area (Å²) in [6.07, 6.45) is 2.48. The number of alkyl halides is 1. The molecule has 0 aromatic rings. The van der Waals surface area contributed by atoms with E-state index < -0.39 is 5.67 Å². The van der Waals surface area contributed by atoms with Gasteiger partial charge in [0.2, 0.25) is 0 Å². The van der Waals surface area contributed by atoms with Crippen LogP contribution in [0.1, 0.15) is 33.1 Å². The van der Waals surface area contributed by atoms with Crippen molar-refractivity contribution in [2.45, 2.75) is 44.8 Å². The zero-order valence-electron chi connectivity index (χ0n) is 7.89. The lowest BCUT2D eigenvalue weighted by atomic mass is 9.94. The van der Waals surface area contributed by atoms with Crippen LogP contribution in [0.5, 0.6) is 0 Å². The normalized spacial score (nSPS) is 28.6. The zero-order chi connectivity index (χ0) is 9.19. The molecule has 0 aromatic carbocycles. The second kappa shape index (κ2) is 3.42. The molecule has 0 saturated carbocycles. The number of hydrazone groups is 1. The molecule has 0 amide bonds. The summed E-state index contributed by atoms with van der Waals surface area (Å²) in [6.45, 7) is 7.83. The lowest BCUT2D eigenvalue weighted by Crippen LogP contribution is -2.41. The zero-order valence-corrected chi connectivity index (χ0v) is 7.89. The van der Waals surface area contributed by atoms with Gasteiger partial charge < -0.3 is 0 Å². The van der Waals surface area contributed by atoms with Gasteiger partial charge in [0, 0.05) is 13.3 Å². The minimum atomic E-state index is -1.11. The van der Waals surface area contributed by atoms with E-state index in [1.165, 1.54) is 0 Å². The Bertz CT molecular complexity index is 168. The van der Waals surface area contributed by atoms with Crippen LogP contribution in [0.15, 0.2) is 5.10 Å². The van der Waals surface area contributed by atoms with Crippen molar-refractivity contribution in [2.75, 3.05) is 6.54 Å². The summed E-state index contributed by atoms with van der Waals surface area (Å²) < 4.78 is 13.8. The molecule has 3 heteroatoms. The molecule has 0 radical (unpaired) electrons. The van der Waals surface area contributed by atoms with Gasteiger partial charge in [-0.15, -0.1) is 0 Å². The predicted molar refractivity (Wildman–Crippen MR) is 49.1 cm³/mol. The Morgan fingerprint density at radius 1 is 1.75 bits per heavy atom. The molecule has 1 aliphatic rings. The Balaban J connectivity index is 2.66. The fraction of sp³-hybridized carbons (Fsp3) is 0.889. The molecule has 2 nitrogen and oxygen atoms in total. The molecule has 1 aliphatic heterocycles.